The van der Waals surface area contributed by atoms with Crippen LogP contribution in [0.2, 0.25) is 0 Å². The van der Waals surface area contributed by atoms with Crippen LogP contribution in [0.4, 0.5) is 0 Å². The zero-order valence-corrected chi connectivity index (χ0v) is 9.73. The molecule has 2 rings (SSSR count). The molecular weight excluding hydrogens is 256 g/mol. The quantitative estimate of drug-likeness (QED) is 0.586. The summed E-state index contributed by atoms with van der Waals surface area (Å²) in [4.78, 5) is 62.0. The van der Waals surface area contributed by atoms with E-state index in [2.05, 4.69) is 4.84 Å². The van der Waals surface area contributed by atoms with Gasteiger partial charge in [-0.2, -0.15) is 0 Å². The van der Waals surface area contributed by atoms with Gasteiger partial charge in [0.15, 0.2) is 0 Å². The molecule has 2 aliphatic rings. The van der Waals surface area contributed by atoms with Crippen LogP contribution in [0.5, 0.6) is 0 Å². The first-order valence-electron chi connectivity index (χ1n) is 5.25. The number of hydroxylamine groups is 2. The summed E-state index contributed by atoms with van der Waals surface area (Å²) < 4.78 is 0. The monoisotopic (exact) mass is 264 g/mol. The first-order valence-corrected chi connectivity index (χ1v) is 5.25. The van der Waals surface area contributed by atoms with E-state index in [1.54, 1.807) is 0 Å². The van der Waals surface area contributed by atoms with E-state index in [4.69, 9.17) is 0 Å². The normalized spacial score (nSPS) is 19.6. The number of amides is 4. The molecule has 4 amide bonds. The van der Waals surface area contributed by atoms with Gasteiger partial charge in [-0.25, -0.2) is 4.79 Å². The van der Waals surface area contributed by atoms with Crippen molar-refractivity contribution in [1.82, 2.24) is 9.96 Å². The fraction of sp³-hybridized carbons (Fsp3) is 0.182. The van der Waals surface area contributed by atoms with Gasteiger partial charge in [0.1, 0.15) is 6.04 Å². The first kappa shape index (κ1) is 12.7. The largest absolute Gasteiger partial charge is 0.355 e. The van der Waals surface area contributed by atoms with Crippen molar-refractivity contribution in [2.45, 2.75) is 13.0 Å². The third kappa shape index (κ3) is 2.15. The van der Waals surface area contributed by atoms with Crippen LogP contribution in [0.15, 0.2) is 24.3 Å². The lowest BCUT2D eigenvalue weighted by molar-refractivity contribution is -0.199. The van der Waals surface area contributed by atoms with Crippen molar-refractivity contribution in [2.24, 2.45) is 0 Å². The van der Waals surface area contributed by atoms with E-state index in [-0.39, 0.29) is 5.06 Å². The van der Waals surface area contributed by atoms with Gasteiger partial charge in [-0.3, -0.25) is 24.1 Å². The van der Waals surface area contributed by atoms with E-state index in [1.807, 2.05) is 0 Å². The maximum absolute atomic E-state index is 11.7. The number of carbonyl (C=O) groups is 5. The first-order chi connectivity index (χ1) is 8.91. The fourth-order valence-corrected chi connectivity index (χ4v) is 1.54. The van der Waals surface area contributed by atoms with Gasteiger partial charge in [0.25, 0.3) is 23.6 Å². The van der Waals surface area contributed by atoms with Crippen molar-refractivity contribution in [3.8, 4) is 0 Å². The van der Waals surface area contributed by atoms with Gasteiger partial charge in [0.05, 0.1) is 0 Å². The van der Waals surface area contributed by atoms with Crippen LogP contribution in [0.1, 0.15) is 6.92 Å². The van der Waals surface area contributed by atoms with Gasteiger partial charge in [-0.1, -0.05) is 5.06 Å². The van der Waals surface area contributed by atoms with E-state index in [1.165, 1.54) is 6.92 Å². The summed E-state index contributed by atoms with van der Waals surface area (Å²) >= 11 is 0. The second kappa shape index (κ2) is 4.48. The summed E-state index contributed by atoms with van der Waals surface area (Å²) in [5.41, 5.74) is 0. The molecule has 1 atom stereocenters. The van der Waals surface area contributed by atoms with Crippen LogP contribution in [0.3, 0.4) is 0 Å². The van der Waals surface area contributed by atoms with Crippen molar-refractivity contribution in [2.75, 3.05) is 0 Å². The lowest BCUT2D eigenvalue weighted by atomic mass is 10.3. The molecule has 0 N–H and O–H groups in total. The minimum Gasteiger partial charge on any atom is -0.327 e. The van der Waals surface area contributed by atoms with E-state index in [0.717, 1.165) is 24.3 Å². The zero-order valence-electron chi connectivity index (χ0n) is 9.73. The summed E-state index contributed by atoms with van der Waals surface area (Å²) in [5.74, 6) is -3.99. The number of imide groups is 2. The molecule has 0 bridgehead atoms. The third-order valence-electron chi connectivity index (χ3n) is 2.52. The molecule has 8 heteroatoms. The van der Waals surface area contributed by atoms with Crippen LogP contribution < -0.4 is 0 Å². The van der Waals surface area contributed by atoms with Gasteiger partial charge >= 0.3 is 5.97 Å². The lowest BCUT2D eigenvalue weighted by Gasteiger charge is -2.22. The van der Waals surface area contributed by atoms with E-state index in [0.29, 0.717) is 4.90 Å². The van der Waals surface area contributed by atoms with Crippen molar-refractivity contribution < 1.29 is 28.8 Å². The Bertz CT molecular complexity index is 526. The highest BCUT2D eigenvalue weighted by molar-refractivity contribution is 6.15. The molecule has 0 fully saturated rings. The standard InChI is InChI=1S/C11H8N2O6/c1-6(12-7(14)2-3-8(12)15)11(18)19-13-9(16)4-5-10(13)17/h2-6H,1H3. The highest BCUT2D eigenvalue weighted by Gasteiger charge is 2.37. The van der Waals surface area contributed by atoms with E-state index in [9.17, 15) is 24.0 Å². The lowest BCUT2D eigenvalue weighted by Crippen LogP contribution is -2.46. The Morgan fingerprint density at radius 2 is 1.37 bits per heavy atom. The van der Waals surface area contributed by atoms with Crippen LogP contribution in [-0.2, 0) is 28.8 Å². The number of rotatable bonds is 3. The van der Waals surface area contributed by atoms with Gasteiger partial charge in [-0.15, -0.1) is 0 Å². The fourth-order valence-electron chi connectivity index (χ4n) is 1.54. The van der Waals surface area contributed by atoms with Crippen LogP contribution in [-0.4, -0.2) is 45.6 Å². The summed E-state index contributed by atoms with van der Waals surface area (Å²) in [6, 6.07) is -1.24. The van der Waals surface area contributed by atoms with Gasteiger partial charge in [0, 0.05) is 24.3 Å². The Morgan fingerprint density at radius 3 is 1.84 bits per heavy atom. The highest BCUT2D eigenvalue weighted by Crippen LogP contribution is 2.12. The summed E-state index contributed by atoms with van der Waals surface area (Å²) in [5, 5.41) is 0.261. The molecule has 0 aliphatic carbocycles. The van der Waals surface area contributed by atoms with Gasteiger partial charge in [-0.05, 0) is 6.92 Å². The third-order valence-corrected chi connectivity index (χ3v) is 2.52. The van der Waals surface area contributed by atoms with Crippen molar-refractivity contribution >= 4 is 29.6 Å². The minimum absolute atomic E-state index is 0.261. The maximum atomic E-state index is 11.7. The molecule has 0 radical (unpaired) electrons. The second-order valence-electron chi connectivity index (χ2n) is 3.77. The number of hydrogen-bond donors (Lipinski definition) is 0. The predicted octanol–water partition coefficient (Wildman–Crippen LogP) is -1.32. The molecular formula is C11H8N2O6. The Hall–Kier alpha value is -2.77. The van der Waals surface area contributed by atoms with Crippen LogP contribution in [0, 0.1) is 0 Å². The average Bonchev–Trinajstić information content (AvgIpc) is 2.85. The molecule has 2 aliphatic heterocycles. The number of hydrogen-bond acceptors (Lipinski definition) is 6. The molecule has 19 heavy (non-hydrogen) atoms. The average molecular weight is 264 g/mol. The molecule has 8 nitrogen and oxygen atoms in total. The SMILES string of the molecule is CC(C(=O)ON1C(=O)C=CC1=O)N1C(=O)C=CC1=O. The van der Waals surface area contributed by atoms with Crippen molar-refractivity contribution in [3.05, 3.63) is 24.3 Å². The van der Waals surface area contributed by atoms with E-state index >= 15 is 0 Å². The van der Waals surface area contributed by atoms with Crippen LogP contribution >= 0.6 is 0 Å². The highest BCUT2D eigenvalue weighted by atomic mass is 16.7. The molecule has 0 spiro atoms. The molecule has 98 valence electrons. The molecule has 0 aromatic rings. The van der Waals surface area contributed by atoms with Crippen molar-refractivity contribution in [1.29, 1.82) is 0 Å². The Kier molecular flexibility index (Phi) is 2.99. The number of carbonyl (C=O) groups excluding carboxylic acids is 5. The summed E-state index contributed by atoms with van der Waals surface area (Å²) in [6.45, 7) is 1.25. The zero-order chi connectivity index (χ0) is 14.2. The van der Waals surface area contributed by atoms with Crippen LogP contribution in [0.25, 0.3) is 0 Å². The number of nitrogens with zero attached hydrogens (tertiary/aromatic N) is 2. The molecule has 0 saturated carbocycles. The smallest absolute Gasteiger partial charge is 0.327 e. The van der Waals surface area contributed by atoms with Crippen molar-refractivity contribution in [3.63, 3.8) is 0 Å². The topological polar surface area (TPSA) is 101 Å². The van der Waals surface area contributed by atoms with E-state index < -0.39 is 35.6 Å². The Morgan fingerprint density at radius 1 is 0.947 bits per heavy atom. The Labute approximate surface area is 106 Å². The van der Waals surface area contributed by atoms with Gasteiger partial charge < -0.3 is 4.84 Å². The summed E-state index contributed by atoms with van der Waals surface area (Å²) in [7, 11) is 0. The molecule has 0 aromatic heterocycles. The molecule has 2 heterocycles. The molecule has 0 aromatic carbocycles. The molecule has 1 unspecified atom stereocenters. The maximum Gasteiger partial charge on any atom is 0.355 e. The molecule has 0 saturated heterocycles. The van der Waals surface area contributed by atoms with Gasteiger partial charge in [0.2, 0.25) is 0 Å². The minimum atomic E-state index is -1.24. The summed E-state index contributed by atoms with van der Waals surface area (Å²) in [6.07, 6.45) is 3.90. The predicted molar refractivity (Wildman–Crippen MR) is 57.5 cm³/mol. The second-order valence-corrected chi connectivity index (χ2v) is 3.77. The Balaban J connectivity index is 2.05.